The molecule has 1 saturated carbocycles. The zero-order chi connectivity index (χ0) is 13.9. The zero-order valence-electron chi connectivity index (χ0n) is 11.8. The van der Waals surface area contributed by atoms with E-state index < -0.39 is 0 Å². The van der Waals surface area contributed by atoms with Gasteiger partial charge in [-0.3, -0.25) is 4.98 Å². The smallest absolute Gasteiger partial charge is 0.0572 e. The molecule has 2 heterocycles. The second-order valence-corrected chi connectivity index (χ2v) is 6.43. The Kier molecular flexibility index (Phi) is 4.03. The van der Waals surface area contributed by atoms with Crippen LogP contribution in [0.1, 0.15) is 42.8 Å². The predicted molar refractivity (Wildman–Crippen MR) is 85.0 cm³/mol. The largest absolute Gasteiger partial charge is 0.362 e. The first-order valence-corrected chi connectivity index (χ1v) is 8.16. The SMILES string of the molecule is CC[C@@H](N)c1ccc(N(Cc2cccs2)C2CC2)cn1. The van der Waals surface area contributed by atoms with E-state index in [0.717, 1.165) is 18.7 Å². The van der Waals surface area contributed by atoms with Crippen molar-refractivity contribution in [3.63, 3.8) is 0 Å². The van der Waals surface area contributed by atoms with Crippen LogP contribution in [0.2, 0.25) is 0 Å². The molecule has 3 nitrogen and oxygen atoms in total. The Morgan fingerprint density at radius 1 is 1.40 bits per heavy atom. The zero-order valence-corrected chi connectivity index (χ0v) is 12.6. The number of hydrogen-bond donors (Lipinski definition) is 1. The van der Waals surface area contributed by atoms with E-state index in [-0.39, 0.29) is 6.04 Å². The molecule has 2 aromatic rings. The molecule has 0 amide bonds. The van der Waals surface area contributed by atoms with Crippen LogP contribution >= 0.6 is 11.3 Å². The van der Waals surface area contributed by atoms with Gasteiger partial charge in [-0.15, -0.1) is 11.3 Å². The van der Waals surface area contributed by atoms with Crippen LogP contribution in [-0.4, -0.2) is 11.0 Å². The molecule has 1 aliphatic rings. The summed E-state index contributed by atoms with van der Waals surface area (Å²) in [7, 11) is 0. The molecular formula is C16H21N3S. The van der Waals surface area contributed by atoms with Gasteiger partial charge >= 0.3 is 0 Å². The number of nitrogens with two attached hydrogens (primary N) is 1. The summed E-state index contributed by atoms with van der Waals surface area (Å²) >= 11 is 1.82. The Bertz CT molecular complexity index is 531. The molecule has 3 rings (SSSR count). The third-order valence-corrected chi connectivity index (χ3v) is 4.68. The van der Waals surface area contributed by atoms with Crippen LogP contribution in [0.3, 0.4) is 0 Å². The molecule has 0 aliphatic heterocycles. The van der Waals surface area contributed by atoms with Crippen molar-refractivity contribution in [2.45, 2.75) is 44.8 Å². The molecule has 2 aromatic heterocycles. The second-order valence-electron chi connectivity index (χ2n) is 5.39. The van der Waals surface area contributed by atoms with Crippen molar-refractivity contribution in [1.82, 2.24) is 4.98 Å². The van der Waals surface area contributed by atoms with Crippen molar-refractivity contribution in [2.24, 2.45) is 5.73 Å². The second kappa shape index (κ2) is 5.94. The Hall–Kier alpha value is -1.39. The lowest BCUT2D eigenvalue weighted by atomic mass is 10.1. The van der Waals surface area contributed by atoms with E-state index >= 15 is 0 Å². The van der Waals surface area contributed by atoms with Crippen LogP contribution in [0.25, 0.3) is 0 Å². The maximum absolute atomic E-state index is 6.03. The normalized spacial score (nSPS) is 16.1. The van der Waals surface area contributed by atoms with Crippen LogP contribution in [-0.2, 0) is 6.54 Å². The molecule has 2 N–H and O–H groups in total. The molecule has 1 fully saturated rings. The average molecular weight is 287 g/mol. The maximum Gasteiger partial charge on any atom is 0.0572 e. The van der Waals surface area contributed by atoms with Crippen LogP contribution in [0, 0.1) is 0 Å². The standard InChI is InChI=1S/C16H21N3S/c1-2-15(17)16-8-7-13(10-18-16)19(12-5-6-12)11-14-4-3-9-20-14/h3-4,7-10,12,15H,2,5-6,11,17H2,1H3/t15-/m1/s1. The predicted octanol–water partition coefficient (Wildman–Crippen LogP) is 3.72. The van der Waals surface area contributed by atoms with Crippen molar-refractivity contribution in [3.05, 3.63) is 46.4 Å². The van der Waals surface area contributed by atoms with Gasteiger partial charge in [0.2, 0.25) is 0 Å². The number of thiophene rings is 1. The molecule has 0 saturated heterocycles. The minimum Gasteiger partial charge on any atom is -0.362 e. The fourth-order valence-corrected chi connectivity index (χ4v) is 3.09. The number of pyridine rings is 1. The van der Waals surface area contributed by atoms with Gasteiger partial charge < -0.3 is 10.6 Å². The van der Waals surface area contributed by atoms with Gasteiger partial charge in [-0.05, 0) is 42.8 Å². The Labute approximate surface area is 124 Å². The summed E-state index contributed by atoms with van der Waals surface area (Å²) in [5.74, 6) is 0. The lowest BCUT2D eigenvalue weighted by Crippen LogP contribution is -2.24. The minimum atomic E-state index is 0.0516. The van der Waals surface area contributed by atoms with E-state index in [1.165, 1.54) is 23.4 Å². The van der Waals surface area contributed by atoms with Gasteiger partial charge in [0.05, 0.1) is 24.1 Å². The van der Waals surface area contributed by atoms with Crippen molar-refractivity contribution in [3.8, 4) is 0 Å². The lowest BCUT2D eigenvalue weighted by molar-refractivity contribution is 0.674. The first-order valence-electron chi connectivity index (χ1n) is 7.28. The van der Waals surface area contributed by atoms with Crippen molar-refractivity contribution < 1.29 is 0 Å². The fourth-order valence-electron chi connectivity index (χ4n) is 2.38. The van der Waals surface area contributed by atoms with Crippen LogP contribution in [0.5, 0.6) is 0 Å². The van der Waals surface area contributed by atoms with E-state index in [4.69, 9.17) is 5.73 Å². The highest BCUT2D eigenvalue weighted by Gasteiger charge is 2.29. The highest BCUT2D eigenvalue weighted by atomic mass is 32.1. The number of hydrogen-bond acceptors (Lipinski definition) is 4. The fraction of sp³-hybridized carbons (Fsp3) is 0.438. The topological polar surface area (TPSA) is 42.1 Å². The lowest BCUT2D eigenvalue weighted by Gasteiger charge is -2.24. The quantitative estimate of drug-likeness (QED) is 0.880. The molecule has 4 heteroatoms. The van der Waals surface area contributed by atoms with E-state index in [2.05, 4.69) is 46.5 Å². The molecule has 1 atom stereocenters. The van der Waals surface area contributed by atoms with Crippen LogP contribution < -0.4 is 10.6 Å². The van der Waals surface area contributed by atoms with E-state index in [0.29, 0.717) is 6.04 Å². The first kappa shape index (κ1) is 13.6. The first-order chi connectivity index (χ1) is 9.78. The van der Waals surface area contributed by atoms with Crippen molar-refractivity contribution >= 4 is 17.0 Å². The molecular weight excluding hydrogens is 266 g/mol. The highest BCUT2D eigenvalue weighted by molar-refractivity contribution is 7.09. The Balaban J connectivity index is 1.77. The molecule has 20 heavy (non-hydrogen) atoms. The molecule has 0 aromatic carbocycles. The van der Waals surface area contributed by atoms with Crippen molar-refractivity contribution in [1.29, 1.82) is 0 Å². The molecule has 0 radical (unpaired) electrons. The Morgan fingerprint density at radius 3 is 2.80 bits per heavy atom. The number of aromatic nitrogens is 1. The number of nitrogens with zero attached hydrogens (tertiary/aromatic N) is 2. The van der Waals surface area contributed by atoms with Crippen molar-refractivity contribution in [2.75, 3.05) is 4.90 Å². The van der Waals surface area contributed by atoms with Gasteiger partial charge in [-0.25, -0.2) is 0 Å². The average Bonchev–Trinajstić information content (AvgIpc) is 3.21. The van der Waals surface area contributed by atoms with Gasteiger partial charge in [0.1, 0.15) is 0 Å². The molecule has 106 valence electrons. The number of rotatable bonds is 6. The minimum absolute atomic E-state index is 0.0516. The summed E-state index contributed by atoms with van der Waals surface area (Å²) in [5.41, 5.74) is 8.23. The molecule has 1 aliphatic carbocycles. The van der Waals surface area contributed by atoms with Gasteiger partial charge in [0.25, 0.3) is 0 Å². The van der Waals surface area contributed by atoms with E-state index in [1.807, 2.05) is 17.5 Å². The summed E-state index contributed by atoms with van der Waals surface area (Å²) in [6.07, 6.45) is 5.49. The highest BCUT2D eigenvalue weighted by Crippen LogP contribution is 2.33. The van der Waals surface area contributed by atoms with Gasteiger partial charge in [-0.2, -0.15) is 0 Å². The van der Waals surface area contributed by atoms with Gasteiger partial charge in [0, 0.05) is 17.0 Å². The van der Waals surface area contributed by atoms with Crippen LogP contribution in [0.4, 0.5) is 5.69 Å². The summed E-state index contributed by atoms with van der Waals surface area (Å²) in [6, 6.07) is 9.30. The molecule has 0 bridgehead atoms. The Morgan fingerprint density at radius 2 is 2.25 bits per heavy atom. The molecule has 0 unspecified atom stereocenters. The maximum atomic E-state index is 6.03. The molecule has 0 spiro atoms. The number of anilines is 1. The van der Waals surface area contributed by atoms with Gasteiger partial charge in [0.15, 0.2) is 0 Å². The summed E-state index contributed by atoms with van der Waals surface area (Å²) < 4.78 is 0. The summed E-state index contributed by atoms with van der Waals surface area (Å²) in [6.45, 7) is 3.08. The van der Waals surface area contributed by atoms with E-state index in [1.54, 1.807) is 0 Å². The monoisotopic (exact) mass is 287 g/mol. The third kappa shape index (κ3) is 3.02. The summed E-state index contributed by atoms with van der Waals surface area (Å²) in [4.78, 5) is 8.43. The van der Waals surface area contributed by atoms with Gasteiger partial charge in [-0.1, -0.05) is 13.0 Å². The van der Waals surface area contributed by atoms with E-state index in [9.17, 15) is 0 Å². The third-order valence-electron chi connectivity index (χ3n) is 3.82. The summed E-state index contributed by atoms with van der Waals surface area (Å²) in [5, 5.41) is 2.14. The van der Waals surface area contributed by atoms with Crippen LogP contribution in [0.15, 0.2) is 35.8 Å².